The molecule has 0 aliphatic carbocycles. The number of ether oxygens (including phenoxy) is 1. The van der Waals surface area contributed by atoms with Crippen molar-refractivity contribution in [1.29, 1.82) is 0 Å². The molecule has 0 spiro atoms. The molecule has 0 saturated carbocycles. The number of rotatable bonds is 3. The standard InChI is InChI=1S/C8H13N5O3/c14-4-7-5-16-2-1-13(7)8(15)3-12-6-9-10-11-12/h6-7,14H,1-5H2. The van der Waals surface area contributed by atoms with Crippen LogP contribution in [0.25, 0.3) is 0 Å². The minimum atomic E-state index is -0.266. The molecule has 1 unspecified atom stereocenters. The second-order valence-corrected chi connectivity index (χ2v) is 3.51. The van der Waals surface area contributed by atoms with Gasteiger partial charge in [0.1, 0.15) is 12.9 Å². The van der Waals surface area contributed by atoms with Crippen molar-refractivity contribution in [1.82, 2.24) is 25.1 Å². The third-order valence-electron chi connectivity index (χ3n) is 2.45. The van der Waals surface area contributed by atoms with Gasteiger partial charge in [-0.25, -0.2) is 4.68 Å². The SMILES string of the molecule is O=C(Cn1cnnn1)N1CCOCC1CO. The molecule has 16 heavy (non-hydrogen) atoms. The molecule has 1 fully saturated rings. The van der Waals surface area contributed by atoms with Gasteiger partial charge < -0.3 is 14.7 Å². The van der Waals surface area contributed by atoms with Gasteiger partial charge in [-0.3, -0.25) is 4.79 Å². The summed E-state index contributed by atoms with van der Waals surface area (Å²) in [7, 11) is 0. The molecule has 8 heteroatoms. The van der Waals surface area contributed by atoms with E-state index in [1.54, 1.807) is 4.90 Å². The van der Waals surface area contributed by atoms with Crippen LogP contribution in [0, 0.1) is 0 Å². The van der Waals surface area contributed by atoms with E-state index in [4.69, 9.17) is 9.84 Å². The van der Waals surface area contributed by atoms with Gasteiger partial charge in [0.05, 0.1) is 25.9 Å². The van der Waals surface area contributed by atoms with Crippen molar-refractivity contribution in [2.24, 2.45) is 0 Å². The zero-order chi connectivity index (χ0) is 11.4. The molecule has 0 aromatic carbocycles. The van der Waals surface area contributed by atoms with E-state index in [0.29, 0.717) is 19.8 Å². The maximum atomic E-state index is 11.9. The van der Waals surface area contributed by atoms with Crippen LogP contribution in [0.5, 0.6) is 0 Å². The lowest BCUT2D eigenvalue weighted by Crippen LogP contribution is -2.51. The van der Waals surface area contributed by atoms with E-state index in [0.717, 1.165) is 0 Å². The van der Waals surface area contributed by atoms with E-state index in [1.807, 2.05) is 0 Å². The maximum Gasteiger partial charge on any atom is 0.244 e. The van der Waals surface area contributed by atoms with E-state index >= 15 is 0 Å². The van der Waals surface area contributed by atoms with Crippen LogP contribution < -0.4 is 0 Å². The van der Waals surface area contributed by atoms with Crippen LogP contribution in [-0.4, -0.2) is 68.5 Å². The summed E-state index contributed by atoms with van der Waals surface area (Å²) in [5.41, 5.74) is 0. The Kier molecular flexibility index (Phi) is 3.42. The Morgan fingerprint density at radius 2 is 2.50 bits per heavy atom. The van der Waals surface area contributed by atoms with Crippen molar-refractivity contribution in [3.8, 4) is 0 Å². The summed E-state index contributed by atoms with van der Waals surface area (Å²) >= 11 is 0. The van der Waals surface area contributed by atoms with Gasteiger partial charge >= 0.3 is 0 Å². The van der Waals surface area contributed by atoms with Gasteiger partial charge in [0.2, 0.25) is 5.91 Å². The fraction of sp³-hybridized carbons (Fsp3) is 0.750. The topological polar surface area (TPSA) is 93.4 Å². The molecule has 2 rings (SSSR count). The smallest absolute Gasteiger partial charge is 0.244 e. The first-order valence-electron chi connectivity index (χ1n) is 5.00. The van der Waals surface area contributed by atoms with Crippen LogP contribution in [0.1, 0.15) is 0 Å². The van der Waals surface area contributed by atoms with Crippen molar-refractivity contribution >= 4 is 5.91 Å². The predicted molar refractivity (Wildman–Crippen MR) is 51.2 cm³/mol. The van der Waals surface area contributed by atoms with E-state index in [1.165, 1.54) is 11.0 Å². The van der Waals surface area contributed by atoms with Gasteiger partial charge in [0.15, 0.2) is 0 Å². The Balaban J connectivity index is 1.97. The number of nitrogens with zero attached hydrogens (tertiary/aromatic N) is 5. The molecule has 1 aliphatic rings. The molecule has 0 bridgehead atoms. The highest BCUT2D eigenvalue weighted by atomic mass is 16.5. The molecule has 1 saturated heterocycles. The Bertz CT molecular complexity index is 341. The highest BCUT2D eigenvalue weighted by Crippen LogP contribution is 2.07. The number of aliphatic hydroxyl groups excluding tert-OH is 1. The van der Waals surface area contributed by atoms with Crippen molar-refractivity contribution in [3.05, 3.63) is 6.33 Å². The first-order valence-corrected chi connectivity index (χ1v) is 5.00. The summed E-state index contributed by atoms with van der Waals surface area (Å²) in [6, 6.07) is -0.266. The first kappa shape index (κ1) is 11.0. The van der Waals surface area contributed by atoms with Gasteiger partial charge in [-0.05, 0) is 10.4 Å². The Morgan fingerprint density at radius 1 is 1.62 bits per heavy atom. The van der Waals surface area contributed by atoms with E-state index in [2.05, 4.69) is 15.5 Å². The molecule has 1 N–H and O–H groups in total. The summed E-state index contributed by atoms with van der Waals surface area (Å²) in [6.07, 6.45) is 1.38. The molecule has 1 amide bonds. The van der Waals surface area contributed by atoms with Crippen LogP contribution in [0.15, 0.2) is 6.33 Å². The number of aliphatic hydroxyl groups is 1. The van der Waals surface area contributed by atoms with Crippen molar-refractivity contribution in [2.75, 3.05) is 26.4 Å². The average Bonchev–Trinajstić information content (AvgIpc) is 2.81. The molecule has 1 aliphatic heterocycles. The summed E-state index contributed by atoms with van der Waals surface area (Å²) in [4.78, 5) is 13.5. The lowest BCUT2D eigenvalue weighted by atomic mass is 10.2. The molecule has 88 valence electrons. The number of hydrogen-bond donors (Lipinski definition) is 1. The van der Waals surface area contributed by atoms with Crippen molar-refractivity contribution < 1.29 is 14.6 Å². The van der Waals surface area contributed by atoms with Crippen LogP contribution in [0.2, 0.25) is 0 Å². The number of hydrogen-bond acceptors (Lipinski definition) is 6. The second kappa shape index (κ2) is 4.99. The zero-order valence-corrected chi connectivity index (χ0v) is 8.69. The number of morpholine rings is 1. The third-order valence-corrected chi connectivity index (χ3v) is 2.45. The van der Waals surface area contributed by atoms with Crippen LogP contribution >= 0.6 is 0 Å². The maximum absolute atomic E-state index is 11.9. The minimum absolute atomic E-state index is 0.0868. The Labute approximate surface area is 91.8 Å². The lowest BCUT2D eigenvalue weighted by molar-refractivity contribution is -0.142. The number of aromatic nitrogens is 4. The third kappa shape index (κ3) is 2.34. The van der Waals surface area contributed by atoms with Gasteiger partial charge in [0.25, 0.3) is 0 Å². The molecule has 1 aromatic rings. The fourth-order valence-corrected chi connectivity index (χ4v) is 1.62. The van der Waals surface area contributed by atoms with E-state index in [9.17, 15) is 4.79 Å². The highest BCUT2D eigenvalue weighted by Gasteiger charge is 2.26. The minimum Gasteiger partial charge on any atom is -0.394 e. The first-order chi connectivity index (χ1) is 7.81. The zero-order valence-electron chi connectivity index (χ0n) is 8.69. The number of tetrazole rings is 1. The van der Waals surface area contributed by atoms with Crippen LogP contribution in [0.3, 0.4) is 0 Å². The van der Waals surface area contributed by atoms with Gasteiger partial charge in [0, 0.05) is 6.54 Å². The quantitative estimate of drug-likeness (QED) is 0.635. The van der Waals surface area contributed by atoms with Crippen molar-refractivity contribution in [3.63, 3.8) is 0 Å². The molecule has 1 aromatic heterocycles. The highest BCUT2D eigenvalue weighted by molar-refractivity contribution is 5.76. The molecule has 2 heterocycles. The molecule has 0 radical (unpaired) electrons. The van der Waals surface area contributed by atoms with Gasteiger partial charge in [-0.2, -0.15) is 0 Å². The summed E-state index contributed by atoms with van der Waals surface area (Å²) in [5.74, 6) is -0.116. The largest absolute Gasteiger partial charge is 0.394 e. The number of carbonyl (C=O) groups is 1. The van der Waals surface area contributed by atoms with Crippen LogP contribution in [0.4, 0.5) is 0 Å². The van der Waals surface area contributed by atoms with Crippen LogP contribution in [-0.2, 0) is 16.1 Å². The Hall–Kier alpha value is -1.54. The fourth-order valence-electron chi connectivity index (χ4n) is 1.62. The summed E-state index contributed by atoms with van der Waals surface area (Å²) in [5, 5.41) is 19.6. The number of amides is 1. The average molecular weight is 227 g/mol. The van der Waals surface area contributed by atoms with Gasteiger partial charge in [-0.1, -0.05) is 0 Å². The predicted octanol–water partition coefficient (Wildman–Crippen LogP) is -2.11. The van der Waals surface area contributed by atoms with Crippen molar-refractivity contribution in [2.45, 2.75) is 12.6 Å². The molecular weight excluding hydrogens is 214 g/mol. The second-order valence-electron chi connectivity index (χ2n) is 3.51. The molecule has 8 nitrogen and oxygen atoms in total. The summed E-state index contributed by atoms with van der Waals surface area (Å²) in [6.45, 7) is 1.35. The monoisotopic (exact) mass is 227 g/mol. The lowest BCUT2D eigenvalue weighted by Gasteiger charge is -2.34. The van der Waals surface area contributed by atoms with E-state index in [-0.39, 0.29) is 25.1 Å². The summed E-state index contributed by atoms with van der Waals surface area (Å²) < 4.78 is 6.54. The van der Waals surface area contributed by atoms with Gasteiger partial charge in [-0.15, -0.1) is 5.10 Å². The molecule has 1 atom stereocenters. The van der Waals surface area contributed by atoms with E-state index < -0.39 is 0 Å². The Morgan fingerprint density at radius 3 is 3.19 bits per heavy atom. The number of carbonyl (C=O) groups excluding carboxylic acids is 1. The normalized spacial score (nSPS) is 21.1. The molecular formula is C8H13N5O3.